The predicted octanol–water partition coefficient (Wildman–Crippen LogP) is 2.67. The lowest BCUT2D eigenvalue weighted by Crippen LogP contribution is -2.29. The number of carbonyl (C=O) groups excluding carboxylic acids is 1. The number of hydrogen-bond donors (Lipinski definition) is 1. The van der Waals surface area contributed by atoms with Crippen LogP contribution in [0.5, 0.6) is 11.5 Å². The van der Waals surface area contributed by atoms with Crippen LogP contribution < -0.4 is 4.74 Å². The standard InChI is InChI=1S/C18H18N2O4/c1-12-10-20(11-16(12)18(22)23)17(21)13-4-6-14(7-5-13)24-15-3-2-8-19-9-15/h2-9,12,16H,10-11H2,1H3,(H,22,23)/t12-,16-/m1/s1. The van der Waals surface area contributed by atoms with Crippen LogP contribution in [0.3, 0.4) is 0 Å². The second kappa shape index (κ2) is 6.70. The van der Waals surface area contributed by atoms with Crippen molar-refractivity contribution in [3.63, 3.8) is 0 Å². The van der Waals surface area contributed by atoms with Gasteiger partial charge in [-0.25, -0.2) is 0 Å². The molecular weight excluding hydrogens is 308 g/mol. The van der Waals surface area contributed by atoms with Gasteiger partial charge in [0.2, 0.25) is 0 Å². The molecule has 1 N–H and O–H groups in total. The van der Waals surface area contributed by atoms with E-state index in [1.54, 1.807) is 53.7 Å². The minimum atomic E-state index is -0.849. The van der Waals surface area contributed by atoms with Crippen LogP contribution in [0.15, 0.2) is 48.8 Å². The van der Waals surface area contributed by atoms with E-state index in [2.05, 4.69) is 4.98 Å². The van der Waals surface area contributed by atoms with Crippen molar-refractivity contribution in [1.82, 2.24) is 9.88 Å². The summed E-state index contributed by atoms with van der Waals surface area (Å²) < 4.78 is 5.64. The Morgan fingerprint density at radius 3 is 2.50 bits per heavy atom. The van der Waals surface area contributed by atoms with Crippen LogP contribution in [0.2, 0.25) is 0 Å². The molecule has 124 valence electrons. The molecule has 1 saturated heterocycles. The van der Waals surface area contributed by atoms with Crippen molar-refractivity contribution < 1.29 is 19.4 Å². The Bertz CT molecular complexity index is 730. The maximum atomic E-state index is 12.5. The normalized spacial score (nSPS) is 20.0. The van der Waals surface area contributed by atoms with Crippen molar-refractivity contribution >= 4 is 11.9 Å². The van der Waals surface area contributed by atoms with Gasteiger partial charge in [0.25, 0.3) is 5.91 Å². The summed E-state index contributed by atoms with van der Waals surface area (Å²) in [6.07, 6.45) is 3.27. The number of likely N-dealkylation sites (tertiary alicyclic amines) is 1. The van der Waals surface area contributed by atoms with Crippen LogP contribution in [0.25, 0.3) is 0 Å². The summed E-state index contributed by atoms with van der Waals surface area (Å²) in [5.74, 6) is -0.315. The number of rotatable bonds is 4. The van der Waals surface area contributed by atoms with E-state index < -0.39 is 11.9 Å². The molecule has 24 heavy (non-hydrogen) atoms. The van der Waals surface area contributed by atoms with Gasteiger partial charge in [-0.2, -0.15) is 0 Å². The van der Waals surface area contributed by atoms with Crippen LogP contribution in [-0.4, -0.2) is 40.0 Å². The zero-order valence-corrected chi connectivity index (χ0v) is 13.3. The van der Waals surface area contributed by atoms with E-state index in [-0.39, 0.29) is 18.4 Å². The van der Waals surface area contributed by atoms with E-state index in [1.165, 1.54) is 0 Å². The molecule has 1 aromatic carbocycles. The molecule has 0 aliphatic carbocycles. The number of aromatic nitrogens is 1. The van der Waals surface area contributed by atoms with Crippen molar-refractivity contribution in [1.29, 1.82) is 0 Å². The molecule has 3 rings (SSSR count). The fourth-order valence-electron chi connectivity index (χ4n) is 2.85. The van der Waals surface area contributed by atoms with Crippen LogP contribution in [0.1, 0.15) is 17.3 Å². The minimum absolute atomic E-state index is 0.0420. The highest BCUT2D eigenvalue weighted by atomic mass is 16.5. The summed E-state index contributed by atoms with van der Waals surface area (Å²) in [5.41, 5.74) is 0.520. The van der Waals surface area contributed by atoms with Gasteiger partial charge >= 0.3 is 5.97 Å². The number of aliphatic carboxylic acids is 1. The van der Waals surface area contributed by atoms with E-state index in [4.69, 9.17) is 4.74 Å². The lowest BCUT2D eigenvalue weighted by Gasteiger charge is -2.16. The number of nitrogens with zero attached hydrogens (tertiary/aromatic N) is 2. The van der Waals surface area contributed by atoms with E-state index in [0.717, 1.165) is 0 Å². The molecule has 0 unspecified atom stereocenters. The molecular formula is C18H18N2O4. The van der Waals surface area contributed by atoms with Gasteiger partial charge in [-0.05, 0) is 42.3 Å². The van der Waals surface area contributed by atoms with E-state index in [9.17, 15) is 14.7 Å². The zero-order valence-electron chi connectivity index (χ0n) is 13.3. The molecule has 1 amide bonds. The molecule has 0 spiro atoms. The van der Waals surface area contributed by atoms with E-state index in [0.29, 0.717) is 23.6 Å². The molecule has 1 aliphatic heterocycles. The summed E-state index contributed by atoms with van der Waals surface area (Å²) in [6, 6.07) is 10.4. The fraction of sp³-hybridized carbons (Fsp3) is 0.278. The third kappa shape index (κ3) is 3.37. The molecule has 0 saturated carbocycles. The number of ether oxygens (including phenoxy) is 1. The lowest BCUT2D eigenvalue weighted by molar-refractivity contribution is -0.142. The second-order valence-electron chi connectivity index (χ2n) is 5.95. The Hall–Kier alpha value is -2.89. The average molecular weight is 326 g/mol. The molecule has 1 aliphatic rings. The minimum Gasteiger partial charge on any atom is -0.481 e. The number of carboxylic acids is 1. The van der Waals surface area contributed by atoms with Gasteiger partial charge in [0.15, 0.2) is 0 Å². The first kappa shape index (κ1) is 16.0. The SMILES string of the molecule is C[C@@H]1CN(C(=O)c2ccc(Oc3cccnc3)cc2)C[C@H]1C(=O)O. The van der Waals surface area contributed by atoms with Crippen LogP contribution >= 0.6 is 0 Å². The summed E-state index contributed by atoms with van der Waals surface area (Å²) >= 11 is 0. The first-order valence-electron chi connectivity index (χ1n) is 7.74. The van der Waals surface area contributed by atoms with Gasteiger partial charge in [0, 0.05) is 24.8 Å². The van der Waals surface area contributed by atoms with Gasteiger partial charge < -0.3 is 14.7 Å². The topological polar surface area (TPSA) is 79.7 Å². The molecule has 2 heterocycles. The molecule has 1 fully saturated rings. The van der Waals surface area contributed by atoms with Crippen LogP contribution in [-0.2, 0) is 4.79 Å². The van der Waals surface area contributed by atoms with Crippen LogP contribution in [0, 0.1) is 11.8 Å². The highest BCUT2D eigenvalue weighted by Gasteiger charge is 2.37. The van der Waals surface area contributed by atoms with Gasteiger partial charge in [0.05, 0.1) is 12.1 Å². The molecule has 0 bridgehead atoms. The highest BCUT2D eigenvalue weighted by Crippen LogP contribution is 2.26. The maximum absolute atomic E-state index is 12.5. The zero-order chi connectivity index (χ0) is 17.1. The number of pyridine rings is 1. The largest absolute Gasteiger partial charge is 0.481 e. The predicted molar refractivity (Wildman–Crippen MR) is 86.9 cm³/mol. The molecule has 2 aromatic rings. The number of carbonyl (C=O) groups is 2. The van der Waals surface area contributed by atoms with Crippen LogP contribution in [0.4, 0.5) is 0 Å². The molecule has 6 heteroatoms. The first-order chi connectivity index (χ1) is 11.5. The summed E-state index contributed by atoms with van der Waals surface area (Å²) in [4.78, 5) is 29.3. The monoisotopic (exact) mass is 326 g/mol. The Kier molecular flexibility index (Phi) is 4.46. The Labute approximate surface area is 139 Å². The highest BCUT2D eigenvalue weighted by molar-refractivity contribution is 5.95. The van der Waals surface area contributed by atoms with Gasteiger partial charge in [-0.3, -0.25) is 14.6 Å². The number of hydrogen-bond acceptors (Lipinski definition) is 4. The van der Waals surface area contributed by atoms with Gasteiger partial charge in [0.1, 0.15) is 11.5 Å². The molecule has 2 atom stereocenters. The smallest absolute Gasteiger partial charge is 0.308 e. The average Bonchev–Trinajstić information content (AvgIpc) is 2.98. The van der Waals surface area contributed by atoms with Crippen molar-refractivity contribution in [2.45, 2.75) is 6.92 Å². The number of amides is 1. The van der Waals surface area contributed by atoms with Crippen molar-refractivity contribution in [2.75, 3.05) is 13.1 Å². The lowest BCUT2D eigenvalue weighted by atomic mass is 9.99. The van der Waals surface area contributed by atoms with Gasteiger partial charge in [-0.1, -0.05) is 6.92 Å². The summed E-state index contributed by atoms with van der Waals surface area (Å²) in [5, 5.41) is 9.17. The van der Waals surface area contributed by atoms with Crippen molar-refractivity contribution in [2.24, 2.45) is 11.8 Å². The molecule has 1 aromatic heterocycles. The second-order valence-corrected chi connectivity index (χ2v) is 5.95. The Morgan fingerprint density at radius 2 is 1.92 bits per heavy atom. The summed E-state index contributed by atoms with van der Waals surface area (Å²) in [6.45, 7) is 2.57. The third-order valence-corrected chi connectivity index (χ3v) is 4.19. The maximum Gasteiger partial charge on any atom is 0.308 e. The fourth-order valence-corrected chi connectivity index (χ4v) is 2.85. The molecule has 0 radical (unpaired) electrons. The van der Waals surface area contributed by atoms with Crippen molar-refractivity contribution in [3.05, 3.63) is 54.4 Å². The van der Waals surface area contributed by atoms with Crippen molar-refractivity contribution in [3.8, 4) is 11.5 Å². The summed E-state index contributed by atoms with van der Waals surface area (Å²) in [7, 11) is 0. The number of benzene rings is 1. The first-order valence-corrected chi connectivity index (χ1v) is 7.74. The van der Waals surface area contributed by atoms with E-state index >= 15 is 0 Å². The third-order valence-electron chi connectivity index (χ3n) is 4.19. The van der Waals surface area contributed by atoms with Gasteiger partial charge in [-0.15, -0.1) is 0 Å². The quantitative estimate of drug-likeness (QED) is 0.934. The molecule has 6 nitrogen and oxygen atoms in total. The van der Waals surface area contributed by atoms with E-state index in [1.807, 2.05) is 6.92 Å². The Morgan fingerprint density at radius 1 is 1.17 bits per heavy atom. The number of carboxylic acid groups (broad SMARTS) is 1. The Balaban J connectivity index is 1.67.